The predicted octanol–water partition coefficient (Wildman–Crippen LogP) is 3.65. The number of fused-ring (bicyclic) bond motifs is 2. The third-order valence-corrected chi connectivity index (χ3v) is 3.52. The molecule has 0 aliphatic rings. The first-order chi connectivity index (χ1) is 10.3. The van der Waals surface area contributed by atoms with Gasteiger partial charge in [0.25, 0.3) is 0 Å². The monoisotopic (exact) mass is 270 g/mol. The van der Waals surface area contributed by atoms with Crippen molar-refractivity contribution in [3.63, 3.8) is 0 Å². The van der Waals surface area contributed by atoms with E-state index >= 15 is 0 Å². The predicted molar refractivity (Wildman–Crippen MR) is 81.5 cm³/mol. The summed E-state index contributed by atoms with van der Waals surface area (Å²) in [6, 6.07) is 15.7. The Balaban J connectivity index is 1.89. The summed E-state index contributed by atoms with van der Waals surface area (Å²) in [5.41, 5.74) is 3.36. The number of nitriles is 1. The minimum Gasteiger partial charge on any atom is -0.338 e. The summed E-state index contributed by atoms with van der Waals surface area (Å²) in [7, 11) is 0. The maximum Gasteiger partial charge on any atom is 0.138 e. The van der Waals surface area contributed by atoms with E-state index in [2.05, 4.69) is 33.2 Å². The maximum absolute atomic E-state index is 8.95. The molecule has 0 bridgehead atoms. The van der Waals surface area contributed by atoms with Gasteiger partial charge in [-0.2, -0.15) is 5.26 Å². The molecule has 0 aliphatic carbocycles. The zero-order valence-corrected chi connectivity index (χ0v) is 11.0. The van der Waals surface area contributed by atoms with Crippen LogP contribution in [0.2, 0.25) is 0 Å². The summed E-state index contributed by atoms with van der Waals surface area (Å²) in [6.45, 7) is 0. The molecular formula is C17H10N4. The second-order valence-electron chi connectivity index (χ2n) is 4.87. The van der Waals surface area contributed by atoms with Gasteiger partial charge in [-0.15, -0.1) is 0 Å². The molecule has 0 spiro atoms. The lowest BCUT2D eigenvalue weighted by Crippen LogP contribution is -1.81. The van der Waals surface area contributed by atoms with Crippen molar-refractivity contribution in [1.29, 1.82) is 5.26 Å². The fourth-order valence-corrected chi connectivity index (χ4v) is 2.45. The molecule has 0 saturated carbocycles. The summed E-state index contributed by atoms with van der Waals surface area (Å²) < 4.78 is 0. The summed E-state index contributed by atoms with van der Waals surface area (Å²) >= 11 is 0. The SMILES string of the molecule is N#Cc1ccc2nc(-c3ccc4ccncc4c3)[nH]c2c1. The van der Waals surface area contributed by atoms with Gasteiger partial charge in [0.2, 0.25) is 0 Å². The van der Waals surface area contributed by atoms with Gasteiger partial charge in [0.15, 0.2) is 0 Å². The van der Waals surface area contributed by atoms with E-state index in [0.29, 0.717) is 5.56 Å². The number of aromatic amines is 1. The molecule has 0 aliphatic heterocycles. The minimum atomic E-state index is 0.625. The van der Waals surface area contributed by atoms with Crippen molar-refractivity contribution in [3.05, 3.63) is 60.4 Å². The third-order valence-electron chi connectivity index (χ3n) is 3.52. The molecular weight excluding hydrogens is 260 g/mol. The van der Waals surface area contributed by atoms with Gasteiger partial charge in [-0.3, -0.25) is 4.98 Å². The highest BCUT2D eigenvalue weighted by Crippen LogP contribution is 2.24. The number of aromatic nitrogens is 3. The van der Waals surface area contributed by atoms with Crippen LogP contribution in [0.15, 0.2) is 54.9 Å². The van der Waals surface area contributed by atoms with Gasteiger partial charge in [0.05, 0.1) is 22.7 Å². The number of hydrogen-bond acceptors (Lipinski definition) is 3. The number of hydrogen-bond donors (Lipinski definition) is 1. The molecule has 0 radical (unpaired) electrons. The molecule has 21 heavy (non-hydrogen) atoms. The maximum atomic E-state index is 8.95. The number of pyridine rings is 1. The lowest BCUT2D eigenvalue weighted by molar-refractivity contribution is 1.33. The van der Waals surface area contributed by atoms with Crippen molar-refractivity contribution in [2.24, 2.45) is 0 Å². The average Bonchev–Trinajstić information content (AvgIpc) is 2.97. The van der Waals surface area contributed by atoms with Gasteiger partial charge in [0, 0.05) is 23.3 Å². The Labute approximate surface area is 120 Å². The van der Waals surface area contributed by atoms with Crippen molar-refractivity contribution in [2.75, 3.05) is 0 Å². The fourth-order valence-electron chi connectivity index (χ4n) is 2.45. The molecule has 4 aromatic rings. The highest BCUT2D eigenvalue weighted by molar-refractivity contribution is 5.87. The molecule has 2 aromatic heterocycles. The van der Waals surface area contributed by atoms with Gasteiger partial charge in [-0.1, -0.05) is 12.1 Å². The zero-order chi connectivity index (χ0) is 14.2. The second-order valence-corrected chi connectivity index (χ2v) is 4.87. The van der Waals surface area contributed by atoms with Gasteiger partial charge >= 0.3 is 0 Å². The van der Waals surface area contributed by atoms with E-state index in [4.69, 9.17) is 5.26 Å². The van der Waals surface area contributed by atoms with Crippen LogP contribution in [0.25, 0.3) is 33.2 Å². The smallest absolute Gasteiger partial charge is 0.138 e. The van der Waals surface area contributed by atoms with Crippen molar-refractivity contribution in [3.8, 4) is 17.5 Å². The van der Waals surface area contributed by atoms with Gasteiger partial charge < -0.3 is 4.98 Å². The van der Waals surface area contributed by atoms with Crippen LogP contribution in [0.4, 0.5) is 0 Å². The molecule has 4 nitrogen and oxygen atoms in total. The minimum absolute atomic E-state index is 0.625. The molecule has 4 heteroatoms. The molecule has 0 saturated heterocycles. The van der Waals surface area contributed by atoms with Gasteiger partial charge in [0.1, 0.15) is 5.82 Å². The standard InChI is InChI=1S/C17H10N4/c18-9-11-1-4-15-16(7-11)21-17(20-15)13-3-2-12-5-6-19-10-14(12)8-13/h1-8,10H,(H,20,21). The van der Waals surface area contributed by atoms with E-state index in [1.807, 2.05) is 30.5 Å². The highest BCUT2D eigenvalue weighted by Gasteiger charge is 2.06. The molecule has 1 N–H and O–H groups in total. The van der Waals surface area contributed by atoms with Crippen molar-refractivity contribution >= 4 is 21.8 Å². The van der Waals surface area contributed by atoms with Crippen LogP contribution in [0.3, 0.4) is 0 Å². The number of benzene rings is 2. The number of rotatable bonds is 1. The molecule has 4 rings (SSSR count). The Morgan fingerprint density at radius 2 is 1.95 bits per heavy atom. The first-order valence-electron chi connectivity index (χ1n) is 6.57. The lowest BCUT2D eigenvalue weighted by Gasteiger charge is -2.00. The molecule has 2 aromatic carbocycles. The first kappa shape index (κ1) is 11.6. The third kappa shape index (κ3) is 1.92. The zero-order valence-electron chi connectivity index (χ0n) is 11.0. The Morgan fingerprint density at radius 1 is 1.00 bits per heavy atom. The van der Waals surface area contributed by atoms with E-state index in [9.17, 15) is 0 Å². The Kier molecular flexibility index (Phi) is 2.45. The molecule has 0 amide bonds. The quantitative estimate of drug-likeness (QED) is 0.574. The number of H-pyrrole nitrogens is 1. The lowest BCUT2D eigenvalue weighted by atomic mass is 10.1. The molecule has 2 heterocycles. The van der Waals surface area contributed by atoms with Gasteiger partial charge in [-0.05, 0) is 35.7 Å². The van der Waals surface area contributed by atoms with Crippen LogP contribution in [0, 0.1) is 11.3 Å². The number of nitrogens with zero attached hydrogens (tertiary/aromatic N) is 3. The number of nitrogens with one attached hydrogen (secondary N) is 1. The molecule has 0 unspecified atom stereocenters. The van der Waals surface area contributed by atoms with Crippen LogP contribution in [0.5, 0.6) is 0 Å². The van der Waals surface area contributed by atoms with Crippen LogP contribution in [0.1, 0.15) is 5.56 Å². The Bertz CT molecular complexity index is 1010. The molecule has 0 atom stereocenters. The van der Waals surface area contributed by atoms with Crippen LogP contribution in [-0.4, -0.2) is 15.0 Å². The summed E-state index contributed by atoms with van der Waals surface area (Å²) in [6.07, 6.45) is 3.63. The summed E-state index contributed by atoms with van der Waals surface area (Å²) in [5, 5.41) is 11.2. The van der Waals surface area contributed by atoms with Crippen LogP contribution in [-0.2, 0) is 0 Å². The first-order valence-corrected chi connectivity index (χ1v) is 6.57. The van der Waals surface area contributed by atoms with Gasteiger partial charge in [-0.25, -0.2) is 4.98 Å². The Morgan fingerprint density at radius 3 is 2.86 bits per heavy atom. The van der Waals surface area contributed by atoms with Crippen molar-refractivity contribution in [2.45, 2.75) is 0 Å². The van der Waals surface area contributed by atoms with Crippen molar-refractivity contribution in [1.82, 2.24) is 15.0 Å². The van der Waals surface area contributed by atoms with E-state index in [0.717, 1.165) is 33.2 Å². The average molecular weight is 270 g/mol. The highest BCUT2D eigenvalue weighted by atomic mass is 14.9. The topological polar surface area (TPSA) is 65.4 Å². The van der Waals surface area contributed by atoms with E-state index in [-0.39, 0.29) is 0 Å². The van der Waals surface area contributed by atoms with Crippen LogP contribution < -0.4 is 0 Å². The molecule has 98 valence electrons. The van der Waals surface area contributed by atoms with E-state index in [1.165, 1.54) is 0 Å². The molecule has 0 fully saturated rings. The number of imidazole rings is 1. The largest absolute Gasteiger partial charge is 0.338 e. The summed E-state index contributed by atoms with van der Waals surface area (Å²) in [4.78, 5) is 12.0. The Hall–Kier alpha value is -3.19. The normalized spacial score (nSPS) is 10.8. The summed E-state index contributed by atoms with van der Waals surface area (Å²) in [5.74, 6) is 0.797. The van der Waals surface area contributed by atoms with E-state index in [1.54, 1.807) is 12.3 Å². The fraction of sp³-hybridized carbons (Fsp3) is 0. The second kappa shape index (κ2) is 4.43. The van der Waals surface area contributed by atoms with Crippen LogP contribution >= 0.6 is 0 Å². The van der Waals surface area contributed by atoms with Crippen molar-refractivity contribution < 1.29 is 0 Å². The van der Waals surface area contributed by atoms with E-state index < -0.39 is 0 Å².